The van der Waals surface area contributed by atoms with Crippen LogP contribution in [0.15, 0.2) is 48.5 Å². The van der Waals surface area contributed by atoms with Crippen LogP contribution >= 0.6 is 0 Å². The van der Waals surface area contributed by atoms with Gasteiger partial charge in [-0.3, -0.25) is 9.59 Å². The second-order valence-corrected chi connectivity index (χ2v) is 6.36. The van der Waals surface area contributed by atoms with Crippen molar-refractivity contribution in [2.24, 2.45) is 0 Å². The number of hydrogen-bond donors (Lipinski definition) is 1. The van der Waals surface area contributed by atoms with Crippen molar-refractivity contribution < 1.29 is 14.0 Å². The van der Waals surface area contributed by atoms with Gasteiger partial charge in [0.05, 0.1) is 17.6 Å². The number of aromatic nitrogens is 2. The van der Waals surface area contributed by atoms with Crippen molar-refractivity contribution in [3.05, 3.63) is 65.7 Å². The van der Waals surface area contributed by atoms with E-state index in [9.17, 15) is 14.0 Å². The first-order valence-electron chi connectivity index (χ1n) is 9.29. The van der Waals surface area contributed by atoms with E-state index in [0.29, 0.717) is 24.5 Å². The highest BCUT2D eigenvalue weighted by Crippen LogP contribution is 2.17. The molecule has 0 fully saturated rings. The van der Waals surface area contributed by atoms with Crippen molar-refractivity contribution in [2.45, 2.75) is 26.9 Å². The first kappa shape index (κ1) is 19.5. The van der Waals surface area contributed by atoms with Gasteiger partial charge in [-0.1, -0.05) is 12.1 Å². The van der Waals surface area contributed by atoms with Gasteiger partial charge in [-0.25, -0.2) is 9.37 Å². The van der Waals surface area contributed by atoms with Crippen LogP contribution < -0.4 is 5.32 Å². The maximum Gasteiger partial charge on any atom is 0.251 e. The molecule has 0 aliphatic carbocycles. The fourth-order valence-corrected chi connectivity index (χ4v) is 3.11. The molecule has 3 rings (SSSR count). The number of hydrogen-bond acceptors (Lipinski definition) is 3. The molecule has 28 heavy (non-hydrogen) atoms. The van der Waals surface area contributed by atoms with Crippen molar-refractivity contribution in [1.29, 1.82) is 0 Å². The van der Waals surface area contributed by atoms with Crippen LogP contribution in [-0.4, -0.2) is 39.4 Å². The van der Waals surface area contributed by atoms with Crippen LogP contribution in [0.3, 0.4) is 0 Å². The van der Waals surface area contributed by atoms with Crippen molar-refractivity contribution >= 4 is 22.8 Å². The van der Waals surface area contributed by atoms with E-state index in [-0.39, 0.29) is 24.9 Å². The molecule has 0 radical (unpaired) electrons. The molecule has 0 saturated heterocycles. The molecule has 2 amide bonds. The minimum absolute atomic E-state index is 0.000681. The number of rotatable bonds is 7. The van der Waals surface area contributed by atoms with Crippen LogP contribution in [0.2, 0.25) is 0 Å². The van der Waals surface area contributed by atoms with Crippen molar-refractivity contribution in [3.8, 4) is 0 Å². The lowest BCUT2D eigenvalue weighted by Gasteiger charge is -2.20. The van der Waals surface area contributed by atoms with Crippen LogP contribution in [0.5, 0.6) is 0 Å². The maximum absolute atomic E-state index is 13.0. The van der Waals surface area contributed by atoms with E-state index >= 15 is 0 Å². The van der Waals surface area contributed by atoms with E-state index in [0.717, 1.165) is 11.0 Å². The first-order chi connectivity index (χ1) is 13.5. The SMILES string of the molecule is CCN(CC)C(=O)Cn1c(CNC(=O)c2ccc(F)cc2)nc2ccccc21. The molecule has 1 aromatic heterocycles. The highest BCUT2D eigenvalue weighted by atomic mass is 19.1. The number of imidazole rings is 1. The molecule has 0 spiro atoms. The topological polar surface area (TPSA) is 67.2 Å². The molecular formula is C21H23FN4O2. The van der Waals surface area contributed by atoms with Gasteiger partial charge in [-0.2, -0.15) is 0 Å². The minimum Gasteiger partial charge on any atom is -0.345 e. The summed E-state index contributed by atoms with van der Waals surface area (Å²) in [6.07, 6.45) is 0. The Bertz CT molecular complexity index is 978. The van der Waals surface area contributed by atoms with Gasteiger partial charge in [0.2, 0.25) is 5.91 Å². The number of halogens is 1. The van der Waals surface area contributed by atoms with Gasteiger partial charge >= 0.3 is 0 Å². The standard InChI is InChI=1S/C21H23FN4O2/c1-3-25(4-2)20(27)14-26-18-8-6-5-7-17(18)24-19(26)13-23-21(28)15-9-11-16(22)12-10-15/h5-12H,3-4,13-14H2,1-2H3,(H,23,28). The quantitative estimate of drug-likeness (QED) is 0.683. The Balaban J connectivity index is 1.83. The summed E-state index contributed by atoms with van der Waals surface area (Å²) in [5.74, 6) is -0.127. The molecule has 1 heterocycles. The number of likely N-dealkylation sites (N-methyl/N-ethyl adjacent to an activating group) is 1. The Morgan fingerprint density at radius 2 is 1.75 bits per heavy atom. The summed E-state index contributed by atoms with van der Waals surface area (Å²) in [4.78, 5) is 31.3. The summed E-state index contributed by atoms with van der Waals surface area (Å²) < 4.78 is 14.9. The predicted molar refractivity (Wildman–Crippen MR) is 105 cm³/mol. The molecule has 0 aliphatic heterocycles. The van der Waals surface area contributed by atoms with E-state index in [4.69, 9.17) is 0 Å². The fourth-order valence-electron chi connectivity index (χ4n) is 3.11. The number of benzene rings is 2. The summed E-state index contributed by atoms with van der Waals surface area (Å²) in [5.41, 5.74) is 1.97. The zero-order valence-electron chi connectivity index (χ0n) is 16.0. The Kier molecular flexibility index (Phi) is 6.03. The van der Waals surface area contributed by atoms with Gasteiger partial charge in [-0.15, -0.1) is 0 Å². The Labute approximate surface area is 163 Å². The van der Waals surface area contributed by atoms with Crippen LogP contribution in [0.25, 0.3) is 11.0 Å². The number of carbonyl (C=O) groups excluding carboxylic acids is 2. The molecule has 0 aliphatic rings. The molecule has 146 valence electrons. The van der Waals surface area contributed by atoms with E-state index in [1.54, 1.807) is 4.90 Å². The lowest BCUT2D eigenvalue weighted by Crippen LogP contribution is -2.34. The number of amides is 2. The third kappa shape index (κ3) is 4.19. The van der Waals surface area contributed by atoms with Gasteiger partial charge in [0, 0.05) is 18.7 Å². The molecule has 0 atom stereocenters. The van der Waals surface area contributed by atoms with Gasteiger partial charge in [0.25, 0.3) is 5.91 Å². The highest BCUT2D eigenvalue weighted by molar-refractivity contribution is 5.94. The Morgan fingerprint density at radius 3 is 2.43 bits per heavy atom. The molecule has 7 heteroatoms. The lowest BCUT2D eigenvalue weighted by atomic mass is 10.2. The maximum atomic E-state index is 13.0. The van der Waals surface area contributed by atoms with E-state index in [2.05, 4.69) is 10.3 Å². The average Bonchev–Trinajstić information content (AvgIpc) is 3.05. The summed E-state index contributed by atoms with van der Waals surface area (Å²) in [7, 11) is 0. The summed E-state index contributed by atoms with van der Waals surface area (Å²) >= 11 is 0. The van der Waals surface area contributed by atoms with Gasteiger partial charge in [-0.05, 0) is 50.2 Å². The van der Waals surface area contributed by atoms with Crippen LogP contribution in [0.1, 0.15) is 30.0 Å². The minimum atomic E-state index is -0.395. The first-order valence-corrected chi connectivity index (χ1v) is 9.29. The number of carbonyl (C=O) groups is 2. The van der Waals surface area contributed by atoms with Crippen molar-refractivity contribution in [2.75, 3.05) is 13.1 Å². The number of para-hydroxylation sites is 2. The second-order valence-electron chi connectivity index (χ2n) is 6.36. The fraction of sp³-hybridized carbons (Fsp3) is 0.286. The molecular weight excluding hydrogens is 359 g/mol. The predicted octanol–water partition coefficient (Wildman–Crippen LogP) is 2.97. The van der Waals surface area contributed by atoms with Crippen LogP contribution in [-0.2, 0) is 17.9 Å². The molecule has 6 nitrogen and oxygen atoms in total. The van der Waals surface area contributed by atoms with E-state index in [1.165, 1.54) is 24.3 Å². The number of nitrogens with zero attached hydrogens (tertiary/aromatic N) is 3. The van der Waals surface area contributed by atoms with Crippen LogP contribution in [0.4, 0.5) is 4.39 Å². The molecule has 2 aromatic carbocycles. The number of fused-ring (bicyclic) bond motifs is 1. The largest absolute Gasteiger partial charge is 0.345 e. The summed E-state index contributed by atoms with van der Waals surface area (Å²) in [6, 6.07) is 12.9. The normalized spacial score (nSPS) is 10.8. The van der Waals surface area contributed by atoms with Crippen LogP contribution in [0, 0.1) is 5.82 Å². The Morgan fingerprint density at radius 1 is 1.07 bits per heavy atom. The van der Waals surface area contributed by atoms with E-state index in [1.807, 2.05) is 42.7 Å². The van der Waals surface area contributed by atoms with Gasteiger partial charge in [0.1, 0.15) is 18.2 Å². The van der Waals surface area contributed by atoms with Crippen molar-refractivity contribution in [3.63, 3.8) is 0 Å². The second kappa shape index (κ2) is 8.65. The summed E-state index contributed by atoms with van der Waals surface area (Å²) in [5, 5.41) is 2.80. The molecule has 3 aromatic rings. The van der Waals surface area contributed by atoms with Gasteiger partial charge in [0.15, 0.2) is 0 Å². The zero-order chi connectivity index (χ0) is 20.1. The third-order valence-corrected chi connectivity index (χ3v) is 4.66. The van der Waals surface area contributed by atoms with Crippen molar-refractivity contribution in [1.82, 2.24) is 19.8 Å². The monoisotopic (exact) mass is 382 g/mol. The smallest absolute Gasteiger partial charge is 0.251 e. The lowest BCUT2D eigenvalue weighted by molar-refractivity contribution is -0.131. The van der Waals surface area contributed by atoms with E-state index < -0.39 is 5.82 Å². The Hall–Kier alpha value is -3.22. The molecule has 0 unspecified atom stereocenters. The summed E-state index contributed by atoms with van der Waals surface area (Å²) in [6.45, 7) is 5.48. The third-order valence-electron chi connectivity index (χ3n) is 4.66. The van der Waals surface area contributed by atoms with Gasteiger partial charge < -0.3 is 14.8 Å². The molecule has 1 N–H and O–H groups in total. The molecule has 0 bridgehead atoms. The number of nitrogens with one attached hydrogen (secondary N) is 1. The average molecular weight is 382 g/mol. The molecule has 0 saturated carbocycles. The zero-order valence-corrected chi connectivity index (χ0v) is 16.0. The highest BCUT2D eigenvalue weighted by Gasteiger charge is 2.17.